The quantitative estimate of drug-likeness (QED) is 0.572. The molecular weight excluding hydrogens is 158 g/mol. The second kappa shape index (κ2) is 3.87. The Kier molecular flexibility index (Phi) is 2.82. The van der Waals surface area contributed by atoms with Gasteiger partial charge >= 0.3 is 5.97 Å². The van der Waals surface area contributed by atoms with Crippen LogP contribution in [0, 0.1) is 5.92 Å². The Hall–Kier alpha value is -1.36. The number of rotatable bonds is 4. The summed E-state index contributed by atoms with van der Waals surface area (Å²) in [5.41, 5.74) is 6.07. The van der Waals surface area contributed by atoms with Crippen molar-refractivity contribution in [1.82, 2.24) is 10.2 Å². The van der Waals surface area contributed by atoms with Gasteiger partial charge in [-0.2, -0.15) is 5.10 Å². The number of aromatic amines is 1. The van der Waals surface area contributed by atoms with Crippen molar-refractivity contribution in [2.24, 2.45) is 11.7 Å². The first kappa shape index (κ1) is 8.73. The molecule has 1 aromatic heterocycles. The van der Waals surface area contributed by atoms with E-state index in [2.05, 4.69) is 10.2 Å². The van der Waals surface area contributed by atoms with Crippen molar-refractivity contribution in [3.63, 3.8) is 0 Å². The lowest BCUT2D eigenvalue weighted by Crippen LogP contribution is -2.25. The number of H-pyrrole nitrogens is 1. The van der Waals surface area contributed by atoms with Crippen molar-refractivity contribution < 1.29 is 9.90 Å². The molecule has 66 valence electrons. The Morgan fingerprint density at radius 3 is 3.00 bits per heavy atom. The van der Waals surface area contributed by atoms with Crippen LogP contribution in [0.1, 0.15) is 5.69 Å². The molecule has 1 aromatic rings. The Bertz CT molecular complexity index is 245. The Labute approximate surface area is 69.6 Å². The van der Waals surface area contributed by atoms with Gasteiger partial charge in [-0.25, -0.2) is 0 Å². The SMILES string of the molecule is NCC(Cc1ccn[nH]1)C(=O)O. The highest BCUT2D eigenvalue weighted by Gasteiger charge is 2.16. The van der Waals surface area contributed by atoms with Gasteiger partial charge in [-0.3, -0.25) is 9.89 Å². The maximum absolute atomic E-state index is 10.5. The number of nitrogens with one attached hydrogen (secondary N) is 1. The molecule has 0 radical (unpaired) electrons. The maximum atomic E-state index is 10.5. The van der Waals surface area contributed by atoms with E-state index in [4.69, 9.17) is 10.8 Å². The second-order valence-corrected chi connectivity index (χ2v) is 2.56. The molecule has 0 saturated heterocycles. The smallest absolute Gasteiger partial charge is 0.308 e. The number of carbonyl (C=O) groups is 1. The van der Waals surface area contributed by atoms with Gasteiger partial charge in [0.1, 0.15) is 0 Å². The molecule has 0 amide bonds. The van der Waals surface area contributed by atoms with Crippen LogP contribution in [0.4, 0.5) is 0 Å². The molecule has 0 spiro atoms. The van der Waals surface area contributed by atoms with Gasteiger partial charge in [-0.05, 0) is 6.07 Å². The van der Waals surface area contributed by atoms with E-state index in [0.29, 0.717) is 6.42 Å². The second-order valence-electron chi connectivity index (χ2n) is 2.56. The van der Waals surface area contributed by atoms with E-state index in [9.17, 15) is 4.79 Å². The molecule has 0 aliphatic rings. The van der Waals surface area contributed by atoms with E-state index in [1.54, 1.807) is 12.3 Å². The van der Waals surface area contributed by atoms with Crippen LogP contribution < -0.4 is 5.73 Å². The Morgan fingerprint density at radius 2 is 2.58 bits per heavy atom. The summed E-state index contributed by atoms with van der Waals surface area (Å²) in [6.45, 7) is 0.147. The summed E-state index contributed by atoms with van der Waals surface area (Å²) in [5.74, 6) is -1.39. The van der Waals surface area contributed by atoms with Crippen molar-refractivity contribution in [2.75, 3.05) is 6.54 Å². The fraction of sp³-hybridized carbons (Fsp3) is 0.429. The average Bonchev–Trinajstić information content (AvgIpc) is 2.51. The molecule has 1 atom stereocenters. The van der Waals surface area contributed by atoms with Crippen molar-refractivity contribution in [3.8, 4) is 0 Å². The molecule has 0 aliphatic heterocycles. The molecule has 12 heavy (non-hydrogen) atoms. The van der Waals surface area contributed by atoms with Gasteiger partial charge in [-0.1, -0.05) is 0 Å². The monoisotopic (exact) mass is 169 g/mol. The summed E-state index contributed by atoms with van der Waals surface area (Å²) in [5, 5.41) is 15.1. The fourth-order valence-corrected chi connectivity index (χ4v) is 0.935. The number of hydrogen-bond acceptors (Lipinski definition) is 3. The Balaban J connectivity index is 2.54. The zero-order valence-corrected chi connectivity index (χ0v) is 6.53. The number of carboxylic acid groups (broad SMARTS) is 1. The third-order valence-electron chi connectivity index (χ3n) is 1.66. The minimum atomic E-state index is -0.868. The molecule has 1 unspecified atom stereocenters. The van der Waals surface area contributed by atoms with Crippen LogP contribution >= 0.6 is 0 Å². The molecule has 1 heterocycles. The van der Waals surface area contributed by atoms with Crippen molar-refractivity contribution >= 4 is 5.97 Å². The van der Waals surface area contributed by atoms with Gasteiger partial charge in [0.2, 0.25) is 0 Å². The van der Waals surface area contributed by atoms with Crippen LogP contribution in [0.2, 0.25) is 0 Å². The first-order valence-electron chi connectivity index (χ1n) is 3.65. The zero-order chi connectivity index (χ0) is 8.97. The summed E-state index contributed by atoms with van der Waals surface area (Å²) in [6, 6.07) is 1.74. The van der Waals surface area contributed by atoms with Gasteiger partial charge in [0.25, 0.3) is 0 Å². The molecule has 4 N–H and O–H groups in total. The van der Waals surface area contributed by atoms with E-state index in [-0.39, 0.29) is 6.54 Å². The molecule has 0 bridgehead atoms. The van der Waals surface area contributed by atoms with Crippen LogP contribution in [-0.4, -0.2) is 27.8 Å². The van der Waals surface area contributed by atoms with Crippen molar-refractivity contribution in [2.45, 2.75) is 6.42 Å². The van der Waals surface area contributed by atoms with Crippen LogP contribution in [0.25, 0.3) is 0 Å². The van der Waals surface area contributed by atoms with Crippen LogP contribution in [0.3, 0.4) is 0 Å². The van der Waals surface area contributed by atoms with Gasteiger partial charge in [0.15, 0.2) is 0 Å². The van der Waals surface area contributed by atoms with Crippen LogP contribution in [0.15, 0.2) is 12.3 Å². The lowest BCUT2D eigenvalue weighted by Gasteiger charge is -2.06. The van der Waals surface area contributed by atoms with E-state index >= 15 is 0 Å². The molecule has 5 nitrogen and oxygen atoms in total. The number of nitrogens with two attached hydrogens (primary N) is 1. The lowest BCUT2D eigenvalue weighted by atomic mass is 10.0. The maximum Gasteiger partial charge on any atom is 0.308 e. The van der Waals surface area contributed by atoms with Gasteiger partial charge in [-0.15, -0.1) is 0 Å². The van der Waals surface area contributed by atoms with Crippen molar-refractivity contribution in [1.29, 1.82) is 0 Å². The number of hydrogen-bond donors (Lipinski definition) is 3. The first-order valence-corrected chi connectivity index (χ1v) is 3.65. The molecule has 1 rings (SSSR count). The first-order chi connectivity index (χ1) is 5.74. The standard InChI is InChI=1S/C7H11N3O2/c8-4-5(7(11)12)3-6-1-2-9-10-6/h1-2,5H,3-4,8H2,(H,9,10)(H,11,12). The van der Waals surface area contributed by atoms with E-state index in [1.807, 2.05) is 0 Å². The number of aromatic nitrogens is 2. The molecule has 5 heteroatoms. The number of carboxylic acids is 1. The normalized spacial score (nSPS) is 12.8. The molecule has 0 aromatic carbocycles. The van der Waals surface area contributed by atoms with Crippen LogP contribution in [0.5, 0.6) is 0 Å². The molecular formula is C7H11N3O2. The average molecular weight is 169 g/mol. The number of nitrogens with zero attached hydrogens (tertiary/aromatic N) is 1. The minimum Gasteiger partial charge on any atom is -0.481 e. The van der Waals surface area contributed by atoms with Crippen molar-refractivity contribution in [3.05, 3.63) is 18.0 Å². The third kappa shape index (κ3) is 2.06. The fourth-order valence-electron chi connectivity index (χ4n) is 0.935. The number of aliphatic carboxylic acids is 1. The molecule has 0 aliphatic carbocycles. The van der Waals surface area contributed by atoms with Crippen LogP contribution in [-0.2, 0) is 11.2 Å². The Morgan fingerprint density at radius 1 is 1.83 bits per heavy atom. The molecule has 0 saturated carbocycles. The molecule has 0 fully saturated rings. The summed E-state index contributed by atoms with van der Waals surface area (Å²) >= 11 is 0. The third-order valence-corrected chi connectivity index (χ3v) is 1.66. The highest BCUT2D eigenvalue weighted by atomic mass is 16.4. The van der Waals surface area contributed by atoms with E-state index < -0.39 is 11.9 Å². The lowest BCUT2D eigenvalue weighted by molar-refractivity contribution is -0.141. The van der Waals surface area contributed by atoms with E-state index in [0.717, 1.165) is 5.69 Å². The summed E-state index contributed by atoms with van der Waals surface area (Å²) in [4.78, 5) is 10.5. The van der Waals surface area contributed by atoms with Gasteiger partial charge < -0.3 is 10.8 Å². The summed E-state index contributed by atoms with van der Waals surface area (Å²) in [7, 11) is 0. The van der Waals surface area contributed by atoms with Gasteiger partial charge in [0, 0.05) is 24.9 Å². The van der Waals surface area contributed by atoms with Gasteiger partial charge in [0.05, 0.1) is 5.92 Å². The zero-order valence-electron chi connectivity index (χ0n) is 6.53. The minimum absolute atomic E-state index is 0.147. The van der Waals surface area contributed by atoms with E-state index in [1.165, 1.54) is 0 Å². The predicted molar refractivity (Wildman–Crippen MR) is 42.5 cm³/mol. The predicted octanol–water partition coefficient (Wildman–Crippen LogP) is -0.388. The summed E-state index contributed by atoms with van der Waals surface area (Å²) in [6.07, 6.45) is 2.00. The highest BCUT2D eigenvalue weighted by Crippen LogP contribution is 2.04. The topological polar surface area (TPSA) is 92.0 Å². The summed E-state index contributed by atoms with van der Waals surface area (Å²) < 4.78 is 0. The largest absolute Gasteiger partial charge is 0.481 e. The highest BCUT2D eigenvalue weighted by molar-refractivity contribution is 5.70.